The molecule has 0 unspecified atom stereocenters. The summed E-state index contributed by atoms with van der Waals surface area (Å²) in [4.78, 5) is 23.2. The molecule has 0 saturated heterocycles. The normalized spacial score (nSPS) is 11.2. The molecular weight excluding hydrogens is 344 g/mol. The van der Waals surface area contributed by atoms with E-state index in [1.807, 2.05) is 57.2 Å². The Morgan fingerprint density at radius 1 is 1.08 bits per heavy atom. The Labute approximate surface area is 154 Å². The molecule has 26 heavy (non-hydrogen) atoms. The highest BCUT2D eigenvalue weighted by Crippen LogP contribution is 2.35. The maximum Gasteiger partial charge on any atom is 0.267 e. The van der Waals surface area contributed by atoms with Gasteiger partial charge >= 0.3 is 0 Å². The Kier molecular flexibility index (Phi) is 3.85. The van der Waals surface area contributed by atoms with Crippen LogP contribution in [0.3, 0.4) is 0 Å². The van der Waals surface area contributed by atoms with Gasteiger partial charge in [-0.3, -0.25) is 9.78 Å². The zero-order valence-corrected chi connectivity index (χ0v) is 15.6. The van der Waals surface area contributed by atoms with Crippen molar-refractivity contribution in [2.45, 2.75) is 20.8 Å². The van der Waals surface area contributed by atoms with Crippen LogP contribution in [-0.4, -0.2) is 15.9 Å². The first-order chi connectivity index (χ1) is 12.4. The Hall–Kier alpha value is -2.99. The Bertz CT molecular complexity index is 1180. The minimum Gasteiger partial charge on any atom is -0.397 e. The Balaban J connectivity index is 1.79. The van der Waals surface area contributed by atoms with Crippen LogP contribution in [0.15, 0.2) is 36.4 Å². The number of aromatic nitrogens is 2. The smallest absolute Gasteiger partial charge is 0.267 e. The number of benzene rings is 1. The van der Waals surface area contributed by atoms with Gasteiger partial charge < -0.3 is 11.1 Å². The topological polar surface area (TPSA) is 80.9 Å². The number of nitrogens with two attached hydrogens (primary N) is 1. The van der Waals surface area contributed by atoms with Crippen LogP contribution >= 0.6 is 11.3 Å². The summed E-state index contributed by atoms with van der Waals surface area (Å²) in [6.45, 7) is 5.83. The molecule has 0 spiro atoms. The highest BCUT2D eigenvalue weighted by molar-refractivity contribution is 7.21. The number of hydrogen-bond donors (Lipinski definition) is 2. The summed E-state index contributed by atoms with van der Waals surface area (Å²) in [7, 11) is 0. The second kappa shape index (κ2) is 6.07. The first-order valence-corrected chi connectivity index (χ1v) is 9.09. The number of para-hydroxylation sites is 1. The summed E-state index contributed by atoms with van der Waals surface area (Å²) in [5.74, 6) is -0.224. The molecule has 3 N–H and O–H groups in total. The monoisotopic (exact) mass is 362 g/mol. The molecule has 0 aliphatic heterocycles. The molecule has 0 saturated carbocycles. The van der Waals surface area contributed by atoms with Crippen molar-refractivity contribution in [2.75, 3.05) is 11.1 Å². The van der Waals surface area contributed by atoms with Crippen molar-refractivity contribution in [2.24, 2.45) is 0 Å². The van der Waals surface area contributed by atoms with Crippen LogP contribution < -0.4 is 11.1 Å². The number of thiophene rings is 1. The minimum atomic E-state index is -0.224. The average Bonchev–Trinajstić information content (AvgIpc) is 2.91. The van der Waals surface area contributed by atoms with Gasteiger partial charge in [0.15, 0.2) is 0 Å². The fourth-order valence-corrected chi connectivity index (χ4v) is 4.34. The average molecular weight is 362 g/mol. The molecule has 0 aliphatic rings. The van der Waals surface area contributed by atoms with E-state index >= 15 is 0 Å². The van der Waals surface area contributed by atoms with Gasteiger partial charge in [0.1, 0.15) is 9.71 Å². The molecule has 4 aromatic rings. The SMILES string of the molecule is Cc1cc(NC(=O)c2sc3nc(C)cc(C)c3c2N)c2ccccc2n1. The molecule has 0 radical (unpaired) electrons. The zero-order valence-electron chi connectivity index (χ0n) is 14.8. The molecule has 1 amide bonds. The van der Waals surface area contributed by atoms with Crippen LogP contribution in [0.5, 0.6) is 0 Å². The summed E-state index contributed by atoms with van der Waals surface area (Å²) in [6, 6.07) is 11.6. The molecule has 0 fully saturated rings. The molecule has 4 rings (SSSR count). The number of carbonyl (C=O) groups is 1. The molecule has 3 heterocycles. The van der Waals surface area contributed by atoms with Gasteiger partial charge in [-0.25, -0.2) is 4.98 Å². The predicted molar refractivity (Wildman–Crippen MR) is 108 cm³/mol. The van der Waals surface area contributed by atoms with Gasteiger partial charge in [-0.05, 0) is 44.5 Å². The summed E-state index contributed by atoms with van der Waals surface area (Å²) in [5.41, 5.74) is 11.1. The quantitative estimate of drug-likeness (QED) is 0.546. The fourth-order valence-electron chi connectivity index (χ4n) is 3.23. The Morgan fingerprint density at radius 2 is 1.81 bits per heavy atom. The summed E-state index contributed by atoms with van der Waals surface area (Å²) >= 11 is 1.33. The van der Waals surface area contributed by atoms with Crippen LogP contribution in [-0.2, 0) is 0 Å². The van der Waals surface area contributed by atoms with Gasteiger partial charge in [-0.15, -0.1) is 11.3 Å². The van der Waals surface area contributed by atoms with Gasteiger partial charge in [0.25, 0.3) is 5.91 Å². The molecular formula is C20H18N4OS. The lowest BCUT2D eigenvalue weighted by Gasteiger charge is -2.09. The van der Waals surface area contributed by atoms with E-state index < -0.39 is 0 Å². The van der Waals surface area contributed by atoms with Gasteiger partial charge in [0.05, 0.1) is 16.9 Å². The second-order valence-corrected chi connectivity index (χ2v) is 7.39. The van der Waals surface area contributed by atoms with Gasteiger partial charge in [0.2, 0.25) is 0 Å². The van der Waals surface area contributed by atoms with E-state index in [0.29, 0.717) is 10.6 Å². The van der Waals surface area contributed by atoms with Crippen molar-refractivity contribution in [3.05, 3.63) is 58.2 Å². The maximum absolute atomic E-state index is 12.9. The number of anilines is 2. The number of hydrogen-bond acceptors (Lipinski definition) is 5. The van der Waals surface area contributed by atoms with E-state index in [2.05, 4.69) is 15.3 Å². The number of nitrogen functional groups attached to an aromatic ring is 1. The van der Waals surface area contributed by atoms with Crippen molar-refractivity contribution in [1.82, 2.24) is 9.97 Å². The standard InChI is InChI=1S/C20H18N4OS/c1-10-8-11(2)23-20-16(10)17(21)18(26-20)19(25)24-15-9-12(3)22-14-7-5-4-6-13(14)15/h4-9H,21H2,1-3H3,(H,22,24,25). The largest absolute Gasteiger partial charge is 0.397 e. The molecule has 0 aliphatic carbocycles. The molecule has 3 aromatic heterocycles. The number of amides is 1. The molecule has 0 bridgehead atoms. The van der Waals surface area contributed by atoms with Crippen molar-refractivity contribution in [1.29, 1.82) is 0 Å². The van der Waals surface area contributed by atoms with Crippen LogP contribution in [0.1, 0.15) is 26.6 Å². The maximum atomic E-state index is 12.9. The second-order valence-electron chi connectivity index (χ2n) is 6.39. The molecule has 0 atom stereocenters. The number of fused-ring (bicyclic) bond motifs is 2. The van der Waals surface area contributed by atoms with E-state index in [1.165, 1.54) is 11.3 Å². The van der Waals surface area contributed by atoms with Crippen molar-refractivity contribution < 1.29 is 4.79 Å². The van der Waals surface area contributed by atoms with Crippen LogP contribution in [0.2, 0.25) is 0 Å². The third-order valence-corrected chi connectivity index (χ3v) is 5.42. The Morgan fingerprint density at radius 3 is 2.62 bits per heavy atom. The lowest BCUT2D eigenvalue weighted by molar-refractivity contribution is 0.103. The predicted octanol–water partition coefficient (Wildman–Crippen LogP) is 4.60. The molecule has 1 aromatic carbocycles. The number of nitrogens with zero attached hydrogens (tertiary/aromatic N) is 2. The lowest BCUT2D eigenvalue weighted by atomic mass is 10.1. The van der Waals surface area contributed by atoms with E-state index in [-0.39, 0.29) is 5.91 Å². The first-order valence-electron chi connectivity index (χ1n) is 8.28. The number of nitrogens with one attached hydrogen (secondary N) is 1. The van der Waals surface area contributed by atoms with E-state index in [4.69, 9.17) is 5.73 Å². The van der Waals surface area contributed by atoms with Gasteiger partial charge in [0, 0.05) is 22.2 Å². The lowest BCUT2D eigenvalue weighted by Crippen LogP contribution is -2.12. The van der Waals surface area contributed by atoms with Crippen LogP contribution in [0.4, 0.5) is 11.4 Å². The number of carbonyl (C=O) groups excluding carboxylic acids is 1. The first kappa shape index (κ1) is 16.5. The van der Waals surface area contributed by atoms with E-state index in [9.17, 15) is 4.79 Å². The molecule has 6 heteroatoms. The third-order valence-electron chi connectivity index (χ3n) is 4.32. The van der Waals surface area contributed by atoms with Crippen molar-refractivity contribution in [3.8, 4) is 0 Å². The zero-order chi connectivity index (χ0) is 18.4. The summed E-state index contributed by atoms with van der Waals surface area (Å²) < 4.78 is 0. The van der Waals surface area contributed by atoms with Crippen LogP contribution in [0.25, 0.3) is 21.1 Å². The molecule has 5 nitrogen and oxygen atoms in total. The number of pyridine rings is 2. The highest BCUT2D eigenvalue weighted by atomic mass is 32.1. The van der Waals surface area contributed by atoms with Gasteiger partial charge in [-0.2, -0.15) is 0 Å². The summed E-state index contributed by atoms with van der Waals surface area (Å²) in [6.07, 6.45) is 0. The number of aryl methyl sites for hydroxylation is 3. The fraction of sp³-hybridized carbons (Fsp3) is 0.150. The van der Waals surface area contributed by atoms with E-state index in [1.54, 1.807) is 0 Å². The molecule has 130 valence electrons. The highest BCUT2D eigenvalue weighted by Gasteiger charge is 2.20. The summed E-state index contributed by atoms with van der Waals surface area (Å²) in [5, 5.41) is 4.76. The van der Waals surface area contributed by atoms with Crippen molar-refractivity contribution in [3.63, 3.8) is 0 Å². The van der Waals surface area contributed by atoms with E-state index in [0.717, 1.165) is 43.8 Å². The van der Waals surface area contributed by atoms with Gasteiger partial charge in [-0.1, -0.05) is 18.2 Å². The third kappa shape index (κ3) is 2.68. The van der Waals surface area contributed by atoms with Crippen molar-refractivity contribution >= 4 is 49.7 Å². The van der Waals surface area contributed by atoms with Crippen LogP contribution in [0, 0.1) is 20.8 Å². The number of rotatable bonds is 2. The minimum absolute atomic E-state index is 0.224.